The van der Waals surface area contributed by atoms with Gasteiger partial charge in [0.15, 0.2) is 0 Å². The van der Waals surface area contributed by atoms with Crippen molar-refractivity contribution in [1.29, 1.82) is 0 Å². The van der Waals surface area contributed by atoms with Crippen molar-refractivity contribution in [1.82, 2.24) is 0 Å². The summed E-state index contributed by atoms with van der Waals surface area (Å²) in [6, 6.07) is 0. The molecule has 1 fully saturated rings. The summed E-state index contributed by atoms with van der Waals surface area (Å²) in [5.41, 5.74) is 5.01. The van der Waals surface area contributed by atoms with Crippen molar-refractivity contribution >= 4 is 17.7 Å². The lowest BCUT2D eigenvalue weighted by Crippen LogP contribution is -2.28. The molecule has 70 valence electrons. The molecule has 0 heterocycles. The smallest absolute Gasteiger partial charge is 0.227 e. The van der Waals surface area contributed by atoms with Crippen molar-refractivity contribution < 1.29 is 9.90 Å². The van der Waals surface area contributed by atoms with E-state index in [4.69, 9.17) is 5.73 Å². The van der Waals surface area contributed by atoms with E-state index in [2.05, 4.69) is 0 Å². The molecule has 1 aliphatic carbocycles. The molecule has 1 rings (SSSR count). The zero-order valence-electron chi connectivity index (χ0n) is 7.03. The van der Waals surface area contributed by atoms with Crippen molar-refractivity contribution in [2.45, 2.75) is 37.0 Å². The second kappa shape index (κ2) is 4.72. The maximum absolute atomic E-state index is 10.5. The van der Waals surface area contributed by atoms with Crippen molar-refractivity contribution in [2.75, 3.05) is 5.75 Å². The predicted molar refractivity (Wildman–Crippen MR) is 49.9 cm³/mol. The largest absolute Gasteiger partial charge is 0.392 e. The predicted octanol–water partition coefficient (Wildman–Crippen LogP) is 0.508. The summed E-state index contributed by atoms with van der Waals surface area (Å²) in [7, 11) is 0. The van der Waals surface area contributed by atoms with Crippen LogP contribution < -0.4 is 5.73 Å². The van der Waals surface area contributed by atoms with Crippen LogP contribution >= 0.6 is 11.8 Å². The van der Waals surface area contributed by atoms with Gasteiger partial charge in [-0.25, -0.2) is 0 Å². The van der Waals surface area contributed by atoms with Crippen LogP contribution in [-0.4, -0.2) is 28.1 Å². The Kier molecular flexibility index (Phi) is 3.88. The molecule has 1 aliphatic rings. The number of primary amides is 1. The number of amides is 1. The highest BCUT2D eigenvalue weighted by Crippen LogP contribution is 2.28. The second-order valence-corrected chi connectivity index (χ2v) is 4.40. The Hall–Kier alpha value is -0.220. The monoisotopic (exact) mass is 189 g/mol. The highest BCUT2D eigenvalue weighted by atomic mass is 32.2. The van der Waals surface area contributed by atoms with E-state index in [1.54, 1.807) is 0 Å². The van der Waals surface area contributed by atoms with Gasteiger partial charge in [-0.2, -0.15) is 0 Å². The van der Waals surface area contributed by atoms with Gasteiger partial charge in [0.25, 0.3) is 0 Å². The Balaban J connectivity index is 2.24. The third kappa shape index (κ3) is 3.03. The maximum atomic E-state index is 10.5. The SMILES string of the molecule is NC(=O)CS[C@@H]1CCCC[C@H]1O. The molecule has 0 bridgehead atoms. The van der Waals surface area contributed by atoms with Crippen molar-refractivity contribution in [3.8, 4) is 0 Å². The van der Waals surface area contributed by atoms with Gasteiger partial charge < -0.3 is 10.8 Å². The molecule has 3 nitrogen and oxygen atoms in total. The number of hydrogen-bond donors (Lipinski definition) is 2. The summed E-state index contributed by atoms with van der Waals surface area (Å²) in [5.74, 6) is 0.0413. The Labute approximate surface area is 76.7 Å². The number of aliphatic hydroxyl groups is 1. The lowest BCUT2D eigenvalue weighted by atomic mass is 9.97. The van der Waals surface area contributed by atoms with Crippen molar-refractivity contribution in [2.24, 2.45) is 5.73 Å². The van der Waals surface area contributed by atoms with Gasteiger partial charge in [-0.05, 0) is 12.8 Å². The number of thioether (sulfide) groups is 1. The number of hydrogen-bond acceptors (Lipinski definition) is 3. The number of carbonyl (C=O) groups is 1. The van der Waals surface area contributed by atoms with Gasteiger partial charge in [0, 0.05) is 5.25 Å². The van der Waals surface area contributed by atoms with Gasteiger partial charge in [-0.1, -0.05) is 12.8 Å². The highest BCUT2D eigenvalue weighted by molar-refractivity contribution is 8.00. The summed E-state index contributed by atoms with van der Waals surface area (Å²) in [6.07, 6.45) is 3.92. The fourth-order valence-corrected chi connectivity index (χ4v) is 2.53. The first kappa shape index (κ1) is 9.86. The van der Waals surface area contributed by atoms with Gasteiger partial charge in [-0.3, -0.25) is 4.79 Å². The van der Waals surface area contributed by atoms with E-state index in [0.717, 1.165) is 25.7 Å². The van der Waals surface area contributed by atoms with Crippen LogP contribution in [0.2, 0.25) is 0 Å². The maximum Gasteiger partial charge on any atom is 0.227 e. The fraction of sp³-hybridized carbons (Fsp3) is 0.875. The summed E-state index contributed by atoms with van der Waals surface area (Å²) in [6.45, 7) is 0. The van der Waals surface area contributed by atoms with Gasteiger partial charge in [0.05, 0.1) is 11.9 Å². The van der Waals surface area contributed by atoms with Crippen LogP contribution in [0.4, 0.5) is 0 Å². The van der Waals surface area contributed by atoms with Gasteiger partial charge in [0.1, 0.15) is 0 Å². The Morgan fingerprint density at radius 3 is 2.75 bits per heavy atom. The number of aliphatic hydroxyl groups excluding tert-OH is 1. The zero-order valence-corrected chi connectivity index (χ0v) is 7.85. The average Bonchev–Trinajstić information content (AvgIpc) is 2.03. The lowest BCUT2D eigenvalue weighted by molar-refractivity contribution is -0.115. The molecule has 0 aromatic heterocycles. The highest BCUT2D eigenvalue weighted by Gasteiger charge is 2.23. The molecule has 0 spiro atoms. The first-order valence-electron chi connectivity index (χ1n) is 4.28. The van der Waals surface area contributed by atoms with E-state index >= 15 is 0 Å². The minimum atomic E-state index is -0.294. The molecule has 0 aliphatic heterocycles. The summed E-state index contributed by atoms with van der Waals surface area (Å²) >= 11 is 1.49. The summed E-state index contributed by atoms with van der Waals surface area (Å²) < 4.78 is 0. The minimum absolute atomic E-state index is 0.228. The van der Waals surface area contributed by atoms with E-state index in [1.165, 1.54) is 11.8 Å². The Bertz CT molecular complexity index is 163. The minimum Gasteiger partial charge on any atom is -0.392 e. The lowest BCUT2D eigenvalue weighted by Gasteiger charge is -2.26. The molecule has 2 atom stereocenters. The quantitative estimate of drug-likeness (QED) is 0.680. The van der Waals surface area contributed by atoms with E-state index in [0.29, 0.717) is 5.75 Å². The first-order valence-corrected chi connectivity index (χ1v) is 5.33. The van der Waals surface area contributed by atoms with Crippen LogP contribution in [0.1, 0.15) is 25.7 Å². The first-order chi connectivity index (χ1) is 5.70. The zero-order chi connectivity index (χ0) is 8.97. The molecule has 1 saturated carbocycles. The van der Waals surface area contributed by atoms with Crippen LogP contribution in [0, 0.1) is 0 Å². The normalized spacial score (nSPS) is 30.1. The molecule has 0 aromatic carbocycles. The molecule has 0 saturated heterocycles. The number of nitrogens with two attached hydrogens (primary N) is 1. The average molecular weight is 189 g/mol. The van der Waals surface area contributed by atoms with Crippen LogP contribution in [0.15, 0.2) is 0 Å². The third-order valence-corrected chi connectivity index (χ3v) is 3.54. The van der Waals surface area contributed by atoms with Crippen LogP contribution in [0.5, 0.6) is 0 Å². The van der Waals surface area contributed by atoms with Gasteiger partial charge in [-0.15, -0.1) is 11.8 Å². The second-order valence-electron chi connectivity index (χ2n) is 3.17. The van der Waals surface area contributed by atoms with E-state index in [1.807, 2.05) is 0 Å². The standard InChI is InChI=1S/C8H15NO2S/c9-8(11)5-12-7-4-2-1-3-6(7)10/h6-7,10H,1-5H2,(H2,9,11)/t6-,7-/m1/s1. The molecule has 0 radical (unpaired) electrons. The molecular formula is C8H15NO2S. The molecule has 3 N–H and O–H groups in total. The topological polar surface area (TPSA) is 63.3 Å². The Morgan fingerprint density at radius 1 is 1.50 bits per heavy atom. The van der Waals surface area contributed by atoms with E-state index in [-0.39, 0.29) is 17.3 Å². The molecule has 1 amide bonds. The fourth-order valence-electron chi connectivity index (χ4n) is 1.46. The Morgan fingerprint density at radius 2 is 2.17 bits per heavy atom. The third-order valence-electron chi connectivity index (χ3n) is 2.11. The van der Waals surface area contributed by atoms with Crippen LogP contribution in [0.3, 0.4) is 0 Å². The summed E-state index contributed by atoms with van der Waals surface area (Å²) in [5, 5.41) is 9.74. The van der Waals surface area contributed by atoms with E-state index in [9.17, 15) is 9.90 Å². The number of rotatable bonds is 3. The molecular weight excluding hydrogens is 174 g/mol. The van der Waals surface area contributed by atoms with Crippen molar-refractivity contribution in [3.63, 3.8) is 0 Å². The molecule has 0 unspecified atom stereocenters. The van der Waals surface area contributed by atoms with Crippen molar-refractivity contribution in [3.05, 3.63) is 0 Å². The van der Waals surface area contributed by atoms with Gasteiger partial charge in [0.2, 0.25) is 5.91 Å². The molecule has 12 heavy (non-hydrogen) atoms. The number of carbonyl (C=O) groups excluding carboxylic acids is 1. The molecule has 4 heteroatoms. The van der Waals surface area contributed by atoms with E-state index < -0.39 is 0 Å². The molecule has 0 aromatic rings. The van der Waals surface area contributed by atoms with Gasteiger partial charge >= 0.3 is 0 Å². The summed E-state index contributed by atoms with van der Waals surface area (Å²) in [4.78, 5) is 10.5. The van der Waals surface area contributed by atoms with Crippen LogP contribution in [0.25, 0.3) is 0 Å². The van der Waals surface area contributed by atoms with Crippen LogP contribution in [-0.2, 0) is 4.79 Å².